The van der Waals surface area contributed by atoms with Crippen LogP contribution in [0.5, 0.6) is 0 Å². The van der Waals surface area contributed by atoms with Gasteiger partial charge in [0.1, 0.15) is 0 Å². The van der Waals surface area contributed by atoms with Gasteiger partial charge in [0.15, 0.2) is 0 Å². The normalized spacial score (nSPS) is 6.23. The van der Waals surface area contributed by atoms with E-state index in [-0.39, 0.29) is 0 Å². The van der Waals surface area contributed by atoms with E-state index in [1.807, 2.05) is 65.0 Å². The minimum atomic E-state index is 1.08. The minimum absolute atomic E-state index is 1.08. The molecule has 0 heterocycles. The molecule has 0 amide bonds. The Balaban J connectivity index is 0. The summed E-state index contributed by atoms with van der Waals surface area (Å²) >= 11 is 0. The standard InChI is InChI=1S/C9H8.2C2H6/c1-2-6-9-7-4-3-5-8-9;2*1-2/h3-5,7-8H,1H3;2*1-2H3. The van der Waals surface area contributed by atoms with E-state index in [0.29, 0.717) is 0 Å². The van der Waals surface area contributed by atoms with E-state index in [0.717, 1.165) is 5.56 Å². The molecule has 1 aromatic carbocycles. The first kappa shape index (κ1) is 14.3. The van der Waals surface area contributed by atoms with Crippen molar-refractivity contribution in [3.8, 4) is 11.8 Å². The maximum atomic E-state index is 2.96. The van der Waals surface area contributed by atoms with Crippen molar-refractivity contribution in [2.24, 2.45) is 0 Å². The first-order valence-electron chi connectivity index (χ1n) is 4.91. The molecule has 0 saturated carbocycles. The number of benzene rings is 1. The summed E-state index contributed by atoms with van der Waals surface area (Å²) in [5.74, 6) is 5.79. The molecule has 0 radical (unpaired) electrons. The van der Waals surface area contributed by atoms with E-state index in [1.54, 1.807) is 0 Å². The summed E-state index contributed by atoms with van der Waals surface area (Å²) in [4.78, 5) is 0. The van der Waals surface area contributed by atoms with Gasteiger partial charge < -0.3 is 0 Å². The van der Waals surface area contributed by atoms with Crippen LogP contribution in [0.3, 0.4) is 0 Å². The van der Waals surface area contributed by atoms with E-state index in [4.69, 9.17) is 0 Å². The van der Waals surface area contributed by atoms with Crippen LogP contribution in [-0.2, 0) is 0 Å². The van der Waals surface area contributed by atoms with Crippen LogP contribution in [0.15, 0.2) is 30.3 Å². The first-order chi connectivity index (χ1) is 6.43. The van der Waals surface area contributed by atoms with Crippen molar-refractivity contribution in [3.63, 3.8) is 0 Å². The predicted octanol–water partition coefficient (Wildman–Crippen LogP) is 4.11. The van der Waals surface area contributed by atoms with Crippen LogP contribution in [0, 0.1) is 11.8 Å². The highest BCUT2D eigenvalue weighted by molar-refractivity contribution is 5.32. The molecule has 0 bridgehead atoms. The number of hydrogen-bond donors (Lipinski definition) is 0. The molecule has 0 N–H and O–H groups in total. The van der Waals surface area contributed by atoms with Crippen molar-refractivity contribution in [1.29, 1.82) is 0 Å². The summed E-state index contributed by atoms with van der Waals surface area (Å²) < 4.78 is 0. The fourth-order valence-electron chi connectivity index (χ4n) is 0.666. The fraction of sp³-hybridized carbons (Fsp3) is 0.385. The van der Waals surface area contributed by atoms with Crippen LogP contribution in [-0.4, -0.2) is 0 Å². The molecule has 1 aromatic rings. The second-order valence-electron chi connectivity index (χ2n) is 1.74. The second-order valence-corrected chi connectivity index (χ2v) is 1.74. The summed E-state index contributed by atoms with van der Waals surface area (Å²) in [6.07, 6.45) is 0. The molecular formula is C13H20. The highest BCUT2D eigenvalue weighted by atomic mass is 13.8. The monoisotopic (exact) mass is 176 g/mol. The number of hydrogen-bond acceptors (Lipinski definition) is 0. The molecule has 0 unspecified atom stereocenters. The van der Waals surface area contributed by atoms with Crippen molar-refractivity contribution in [1.82, 2.24) is 0 Å². The highest BCUT2D eigenvalue weighted by Gasteiger charge is 1.77. The Morgan fingerprint density at radius 2 is 1.31 bits per heavy atom. The Labute approximate surface area is 83.0 Å². The molecule has 0 fully saturated rings. The quantitative estimate of drug-likeness (QED) is 0.522. The van der Waals surface area contributed by atoms with Crippen molar-refractivity contribution in [2.75, 3.05) is 0 Å². The topological polar surface area (TPSA) is 0 Å². The molecule has 0 nitrogen and oxygen atoms in total. The summed E-state index contributed by atoms with van der Waals surface area (Å²) in [7, 11) is 0. The van der Waals surface area contributed by atoms with Crippen LogP contribution in [0.4, 0.5) is 0 Å². The van der Waals surface area contributed by atoms with Crippen molar-refractivity contribution < 1.29 is 0 Å². The summed E-state index contributed by atoms with van der Waals surface area (Å²) in [6.45, 7) is 9.84. The third-order valence-electron chi connectivity index (χ3n) is 1.04. The Bertz CT molecular complexity index is 223. The van der Waals surface area contributed by atoms with Gasteiger partial charge in [0.05, 0.1) is 0 Å². The zero-order chi connectivity index (χ0) is 10.5. The molecule has 0 aliphatic carbocycles. The van der Waals surface area contributed by atoms with Gasteiger partial charge in [-0.15, -0.1) is 5.92 Å². The smallest absolute Gasteiger partial charge is 0.0245 e. The zero-order valence-corrected chi connectivity index (χ0v) is 9.39. The molecule has 0 aliphatic heterocycles. The van der Waals surface area contributed by atoms with E-state index in [2.05, 4.69) is 11.8 Å². The van der Waals surface area contributed by atoms with E-state index >= 15 is 0 Å². The summed E-state index contributed by atoms with van der Waals surface area (Å²) in [5, 5.41) is 0. The summed E-state index contributed by atoms with van der Waals surface area (Å²) in [5.41, 5.74) is 1.08. The molecule has 13 heavy (non-hydrogen) atoms. The van der Waals surface area contributed by atoms with Crippen LogP contribution in [0.1, 0.15) is 40.2 Å². The zero-order valence-electron chi connectivity index (χ0n) is 9.39. The summed E-state index contributed by atoms with van der Waals surface area (Å²) in [6, 6.07) is 9.95. The molecule has 72 valence electrons. The van der Waals surface area contributed by atoms with E-state index in [1.165, 1.54) is 0 Å². The average molecular weight is 176 g/mol. The lowest BCUT2D eigenvalue weighted by Gasteiger charge is -1.83. The van der Waals surface area contributed by atoms with Gasteiger partial charge in [0.2, 0.25) is 0 Å². The first-order valence-corrected chi connectivity index (χ1v) is 4.91. The minimum Gasteiger partial charge on any atom is -0.101 e. The lowest BCUT2D eigenvalue weighted by atomic mass is 10.2. The lowest BCUT2D eigenvalue weighted by molar-refractivity contribution is 1.50. The van der Waals surface area contributed by atoms with Crippen LogP contribution >= 0.6 is 0 Å². The Hall–Kier alpha value is -1.22. The second kappa shape index (κ2) is 13.4. The SMILES string of the molecule is CC.CC.CC#Cc1ccccc1. The molecule has 0 spiro atoms. The molecule has 1 rings (SSSR count). The van der Waals surface area contributed by atoms with Gasteiger partial charge in [-0.3, -0.25) is 0 Å². The predicted molar refractivity (Wildman–Crippen MR) is 61.7 cm³/mol. The highest BCUT2D eigenvalue weighted by Crippen LogP contribution is 1.93. The fourth-order valence-corrected chi connectivity index (χ4v) is 0.666. The van der Waals surface area contributed by atoms with Gasteiger partial charge in [-0.05, 0) is 19.1 Å². The van der Waals surface area contributed by atoms with Crippen molar-refractivity contribution in [3.05, 3.63) is 35.9 Å². The van der Waals surface area contributed by atoms with Gasteiger partial charge in [-0.1, -0.05) is 51.8 Å². The Morgan fingerprint density at radius 3 is 1.69 bits per heavy atom. The van der Waals surface area contributed by atoms with Gasteiger partial charge in [0, 0.05) is 5.56 Å². The molecular weight excluding hydrogens is 156 g/mol. The molecule has 0 heteroatoms. The van der Waals surface area contributed by atoms with Crippen LogP contribution in [0.2, 0.25) is 0 Å². The third-order valence-corrected chi connectivity index (χ3v) is 1.04. The van der Waals surface area contributed by atoms with Gasteiger partial charge in [0.25, 0.3) is 0 Å². The van der Waals surface area contributed by atoms with Crippen LogP contribution < -0.4 is 0 Å². The molecule has 0 aromatic heterocycles. The van der Waals surface area contributed by atoms with Gasteiger partial charge >= 0.3 is 0 Å². The van der Waals surface area contributed by atoms with Gasteiger partial charge in [-0.25, -0.2) is 0 Å². The largest absolute Gasteiger partial charge is 0.101 e. The van der Waals surface area contributed by atoms with Gasteiger partial charge in [-0.2, -0.15) is 0 Å². The Kier molecular flexibility index (Phi) is 14.7. The third kappa shape index (κ3) is 8.69. The number of rotatable bonds is 0. The van der Waals surface area contributed by atoms with Crippen molar-refractivity contribution >= 4 is 0 Å². The maximum Gasteiger partial charge on any atom is 0.0245 e. The van der Waals surface area contributed by atoms with Crippen LogP contribution in [0.25, 0.3) is 0 Å². The van der Waals surface area contributed by atoms with Crippen molar-refractivity contribution in [2.45, 2.75) is 34.6 Å². The van der Waals surface area contributed by atoms with E-state index in [9.17, 15) is 0 Å². The molecule has 0 atom stereocenters. The molecule has 0 aliphatic rings. The van der Waals surface area contributed by atoms with E-state index < -0.39 is 0 Å². The lowest BCUT2D eigenvalue weighted by Crippen LogP contribution is -1.67. The molecule has 0 saturated heterocycles. The Morgan fingerprint density at radius 1 is 0.846 bits per heavy atom. The maximum absolute atomic E-state index is 2.96. The average Bonchev–Trinajstić information content (AvgIpc) is 2.26.